The molecule has 0 saturated carbocycles. The normalized spacial score (nSPS) is 10.2. The summed E-state index contributed by atoms with van der Waals surface area (Å²) >= 11 is 6.75. The summed E-state index contributed by atoms with van der Waals surface area (Å²) in [6.07, 6.45) is 0. The minimum atomic E-state index is -0.383. The van der Waals surface area contributed by atoms with Crippen LogP contribution in [-0.2, 0) is 4.79 Å². The number of carbonyl (C=O) groups is 1. The zero-order valence-electron chi connectivity index (χ0n) is 10.3. The predicted octanol–water partition coefficient (Wildman–Crippen LogP) is 4.40. The van der Waals surface area contributed by atoms with Crippen molar-refractivity contribution < 1.29 is 9.18 Å². The summed E-state index contributed by atoms with van der Waals surface area (Å²) in [5.41, 5.74) is 1.24. The minimum absolute atomic E-state index is 0.0940. The molecule has 0 unspecified atom stereocenters. The maximum Gasteiger partial charge on any atom is 0.243 e. The second-order valence-electron chi connectivity index (χ2n) is 4.04. The van der Waals surface area contributed by atoms with Crippen molar-refractivity contribution in [3.63, 3.8) is 0 Å². The Morgan fingerprint density at radius 1 is 1.15 bits per heavy atom. The van der Waals surface area contributed by atoms with Crippen LogP contribution in [0.1, 0.15) is 0 Å². The van der Waals surface area contributed by atoms with Gasteiger partial charge in [-0.3, -0.25) is 4.79 Å². The molecular formula is C14H11Br2FN2O. The Kier molecular flexibility index (Phi) is 5.14. The molecule has 0 aliphatic rings. The van der Waals surface area contributed by atoms with Crippen LogP contribution in [0.3, 0.4) is 0 Å². The molecule has 0 atom stereocenters. The van der Waals surface area contributed by atoms with Gasteiger partial charge in [0.1, 0.15) is 5.82 Å². The molecule has 6 heteroatoms. The van der Waals surface area contributed by atoms with E-state index in [-0.39, 0.29) is 18.3 Å². The monoisotopic (exact) mass is 400 g/mol. The lowest BCUT2D eigenvalue weighted by Gasteiger charge is -2.09. The van der Waals surface area contributed by atoms with E-state index >= 15 is 0 Å². The number of nitrogens with one attached hydrogen (secondary N) is 2. The summed E-state index contributed by atoms with van der Waals surface area (Å²) < 4.78 is 14.8. The molecule has 0 aliphatic carbocycles. The number of carbonyl (C=O) groups excluding carboxylic acids is 1. The number of anilines is 2. The smallest absolute Gasteiger partial charge is 0.243 e. The van der Waals surface area contributed by atoms with Crippen molar-refractivity contribution in [2.45, 2.75) is 0 Å². The maximum atomic E-state index is 13.0. The number of benzene rings is 2. The van der Waals surface area contributed by atoms with Gasteiger partial charge in [0, 0.05) is 20.3 Å². The van der Waals surface area contributed by atoms with Crippen LogP contribution >= 0.6 is 31.9 Å². The van der Waals surface area contributed by atoms with E-state index in [1.807, 2.05) is 18.2 Å². The Labute approximate surface area is 132 Å². The van der Waals surface area contributed by atoms with Crippen LogP contribution in [-0.4, -0.2) is 12.5 Å². The Morgan fingerprint density at radius 2 is 1.95 bits per heavy atom. The topological polar surface area (TPSA) is 41.1 Å². The van der Waals surface area contributed by atoms with Gasteiger partial charge in [0.15, 0.2) is 0 Å². The van der Waals surface area contributed by atoms with Crippen molar-refractivity contribution >= 4 is 49.1 Å². The second-order valence-corrected chi connectivity index (χ2v) is 5.81. The summed E-state index contributed by atoms with van der Waals surface area (Å²) in [7, 11) is 0. The van der Waals surface area contributed by atoms with E-state index in [1.54, 1.807) is 12.1 Å². The molecule has 0 saturated heterocycles. The standard InChI is InChI=1S/C14H11Br2FN2O/c15-9-4-5-13(12(16)6-9)18-8-14(20)19-11-3-1-2-10(17)7-11/h1-7,18H,8H2,(H,19,20). The molecule has 20 heavy (non-hydrogen) atoms. The third-order valence-electron chi connectivity index (χ3n) is 2.48. The Hall–Kier alpha value is -1.40. The molecular weight excluding hydrogens is 391 g/mol. The molecule has 104 valence electrons. The van der Waals surface area contributed by atoms with Gasteiger partial charge in [-0.2, -0.15) is 0 Å². The van der Waals surface area contributed by atoms with E-state index in [4.69, 9.17) is 0 Å². The molecule has 0 heterocycles. The van der Waals surface area contributed by atoms with Gasteiger partial charge in [0.2, 0.25) is 5.91 Å². The van der Waals surface area contributed by atoms with E-state index in [0.717, 1.165) is 14.6 Å². The molecule has 2 aromatic carbocycles. The van der Waals surface area contributed by atoms with Gasteiger partial charge in [-0.25, -0.2) is 4.39 Å². The summed E-state index contributed by atoms with van der Waals surface area (Å²) in [6.45, 7) is 0.0940. The highest BCUT2D eigenvalue weighted by Crippen LogP contribution is 2.25. The van der Waals surface area contributed by atoms with Gasteiger partial charge < -0.3 is 10.6 Å². The van der Waals surface area contributed by atoms with E-state index in [9.17, 15) is 9.18 Å². The van der Waals surface area contributed by atoms with Crippen LogP contribution in [0.25, 0.3) is 0 Å². The summed E-state index contributed by atoms with van der Waals surface area (Å²) in [5, 5.41) is 5.62. The van der Waals surface area contributed by atoms with Crippen LogP contribution in [0.5, 0.6) is 0 Å². The molecule has 3 nitrogen and oxygen atoms in total. The number of halogens is 3. The van der Waals surface area contributed by atoms with Gasteiger partial charge >= 0.3 is 0 Å². The van der Waals surface area contributed by atoms with Crippen molar-refractivity contribution in [1.82, 2.24) is 0 Å². The second kappa shape index (κ2) is 6.85. The van der Waals surface area contributed by atoms with Crippen molar-refractivity contribution in [2.24, 2.45) is 0 Å². The summed E-state index contributed by atoms with van der Waals surface area (Å²) in [6, 6.07) is 11.4. The molecule has 0 radical (unpaired) electrons. The van der Waals surface area contributed by atoms with Crippen LogP contribution in [0.2, 0.25) is 0 Å². The van der Waals surface area contributed by atoms with E-state index in [2.05, 4.69) is 42.5 Å². The largest absolute Gasteiger partial charge is 0.375 e. The highest BCUT2D eigenvalue weighted by molar-refractivity contribution is 9.11. The first-order valence-corrected chi connectivity index (χ1v) is 7.37. The first-order chi connectivity index (χ1) is 9.54. The van der Waals surface area contributed by atoms with Gasteiger partial charge in [0.25, 0.3) is 0 Å². The van der Waals surface area contributed by atoms with Gasteiger partial charge in [-0.1, -0.05) is 22.0 Å². The lowest BCUT2D eigenvalue weighted by molar-refractivity contribution is -0.114. The van der Waals surface area contributed by atoms with Crippen LogP contribution in [0.4, 0.5) is 15.8 Å². The van der Waals surface area contributed by atoms with E-state index < -0.39 is 0 Å². The average molecular weight is 402 g/mol. The van der Waals surface area contributed by atoms with Crippen molar-refractivity contribution in [2.75, 3.05) is 17.2 Å². The van der Waals surface area contributed by atoms with Crippen molar-refractivity contribution in [3.8, 4) is 0 Å². The molecule has 0 aromatic heterocycles. The molecule has 2 N–H and O–H groups in total. The summed E-state index contributed by atoms with van der Waals surface area (Å²) in [5.74, 6) is -0.628. The summed E-state index contributed by atoms with van der Waals surface area (Å²) in [4.78, 5) is 11.8. The lowest BCUT2D eigenvalue weighted by atomic mass is 10.3. The SMILES string of the molecule is O=C(CNc1ccc(Br)cc1Br)Nc1cccc(F)c1. The van der Waals surface area contributed by atoms with Crippen LogP contribution < -0.4 is 10.6 Å². The molecule has 0 spiro atoms. The lowest BCUT2D eigenvalue weighted by Crippen LogP contribution is -2.21. The molecule has 1 amide bonds. The minimum Gasteiger partial charge on any atom is -0.375 e. The Morgan fingerprint density at radius 3 is 2.65 bits per heavy atom. The first kappa shape index (κ1) is 15.0. The van der Waals surface area contributed by atoms with E-state index in [1.165, 1.54) is 12.1 Å². The van der Waals surface area contributed by atoms with Crippen LogP contribution in [0, 0.1) is 5.82 Å². The Balaban J connectivity index is 1.92. The molecule has 0 fully saturated rings. The van der Waals surface area contributed by atoms with Crippen molar-refractivity contribution in [3.05, 3.63) is 57.2 Å². The fourth-order valence-corrected chi connectivity index (χ4v) is 2.77. The number of rotatable bonds is 4. The fraction of sp³-hybridized carbons (Fsp3) is 0.0714. The van der Waals surface area contributed by atoms with Crippen molar-refractivity contribution in [1.29, 1.82) is 0 Å². The number of hydrogen-bond acceptors (Lipinski definition) is 2. The zero-order valence-corrected chi connectivity index (χ0v) is 13.5. The highest BCUT2D eigenvalue weighted by atomic mass is 79.9. The zero-order chi connectivity index (χ0) is 14.5. The third-order valence-corrected chi connectivity index (χ3v) is 3.63. The van der Waals surface area contributed by atoms with Gasteiger partial charge in [-0.05, 0) is 52.3 Å². The molecule has 2 aromatic rings. The number of amides is 1. The molecule has 0 bridgehead atoms. The predicted molar refractivity (Wildman–Crippen MR) is 85.4 cm³/mol. The van der Waals surface area contributed by atoms with Gasteiger partial charge in [0.05, 0.1) is 6.54 Å². The maximum absolute atomic E-state index is 13.0. The average Bonchev–Trinajstić information content (AvgIpc) is 2.37. The van der Waals surface area contributed by atoms with E-state index in [0.29, 0.717) is 5.69 Å². The molecule has 0 aliphatic heterocycles. The van der Waals surface area contributed by atoms with Crippen LogP contribution in [0.15, 0.2) is 51.4 Å². The number of hydrogen-bond donors (Lipinski definition) is 2. The fourth-order valence-electron chi connectivity index (χ4n) is 1.58. The van der Waals surface area contributed by atoms with Gasteiger partial charge in [-0.15, -0.1) is 0 Å². The third kappa shape index (κ3) is 4.31. The highest BCUT2D eigenvalue weighted by Gasteiger charge is 2.05. The Bertz CT molecular complexity index is 634. The quantitative estimate of drug-likeness (QED) is 0.797. The molecule has 2 rings (SSSR count). The first-order valence-electron chi connectivity index (χ1n) is 5.79.